The first-order valence-corrected chi connectivity index (χ1v) is 7.18. The summed E-state index contributed by atoms with van der Waals surface area (Å²) in [5.74, 6) is 0.754. The van der Waals surface area contributed by atoms with Gasteiger partial charge in [0.05, 0.1) is 4.47 Å². The Bertz CT molecular complexity index is 559. The van der Waals surface area contributed by atoms with Gasteiger partial charge >= 0.3 is 0 Å². The lowest BCUT2D eigenvalue weighted by molar-refractivity contribution is 0.179. The molecule has 0 aromatic heterocycles. The van der Waals surface area contributed by atoms with Crippen molar-refractivity contribution in [2.24, 2.45) is 5.73 Å². The molecule has 2 N–H and O–H groups in total. The van der Waals surface area contributed by atoms with E-state index in [9.17, 15) is 0 Å². The minimum Gasteiger partial charge on any atom is -0.483 e. The van der Waals surface area contributed by atoms with Crippen LogP contribution >= 0.6 is 27.5 Å². The van der Waals surface area contributed by atoms with Gasteiger partial charge in [-0.05, 0) is 41.1 Å². The molecule has 0 spiro atoms. The molecule has 0 radical (unpaired) electrons. The van der Waals surface area contributed by atoms with Crippen molar-refractivity contribution in [2.75, 3.05) is 0 Å². The van der Waals surface area contributed by atoms with E-state index >= 15 is 0 Å². The second-order valence-corrected chi connectivity index (χ2v) is 5.61. The van der Waals surface area contributed by atoms with E-state index in [1.807, 2.05) is 55.5 Å². The maximum absolute atomic E-state index is 6.22. The summed E-state index contributed by atoms with van der Waals surface area (Å²) in [4.78, 5) is 0. The lowest BCUT2D eigenvalue weighted by Crippen LogP contribution is -2.29. The first kappa shape index (κ1) is 14.4. The second kappa shape index (κ2) is 6.42. The molecule has 0 aliphatic heterocycles. The lowest BCUT2D eigenvalue weighted by Gasteiger charge is -2.24. The van der Waals surface area contributed by atoms with Gasteiger partial charge in [0.2, 0.25) is 0 Å². The summed E-state index contributed by atoms with van der Waals surface area (Å²) in [5, 5.41) is 0.664. The number of benzene rings is 2. The topological polar surface area (TPSA) is 35.2 Å². The Hall–Kier alpha value is -1.03. The highest BCUT2D eigenvalue weighted by molar-refractivity contribution is 9.10. The predicted octanol–water partition coefficient (Wildman–Crippen LogP) is 4.57. The molecular formula is C15H15BrClNO. The summed E-state index contributed by atoms with van der Waals surface area (Å²) in [6, 6.07) is 15.1. The predicted molar refractivity (Wildman–Crippen MR) is 82.6 cm³/mol. The first-order valence-electron chi connectivity index (χ1n) is 6.01. The van der Waals surface area contributed by atoms with Crippen LogP contribution in [0.15, 0.2) is 53.0 Å². The molecule has 2 unspecified atom stereocenters. The highest BCUT2D eigenvalue weighted by Gasteiger charge is 2.21. The van der Waals surface area contributed by atoms with Crippen LogP contribution in [0.2, 0.25) is 5.02 Å². The molecule has 2 aromatic carbocycles. The van der Waals surface area contributed by atoms with Crippen molar-refractivity contribution < 1.29 is 4.74 Å². The van der Waals surface area contributed by atoms with Crippen LogP contribution in [0.5, 0.6) is 5.75 Å². The van der Waals surface area contributed by atoms with Crippen molar-refractivity contribution in [3.05, 3.63) is 63.6 Å². The molecule has 100 valence electrons. The SMILES string of the molecule is CC(N)C(Oc1ccccc1Br)c1ccccc1Cl. The van der Waals surface area contributed by atoms with Crippen LogP contribution in [-0.4, -0.2) is 6.04 Å². The molecule has 4 heteroatoms. The Balaban J connectivity index is 2.33. The Morgan fingerprint density at radius 1 is 1.11 bits per heavy atom. The molecule has 2 nitrogen and oxygen atoms in total. The van der Waals surface area contributed by atoms with Gasteiger partial charge in [-0.1, -0.05) is 41.9 Å². The van der Waals surface area contributed by atoms with Crippen LogP contribution in [-0.2, 0) is 0 Å². The molecule has 0 heterocycles. The average molecular weight is 341 g/mol. The van der Waals surface area contributed by atoms with Crippen molar-refractivity contribution in [3.63, 3.8) is 0 Å². The zero-order valence-electron chi connectivity index (χ0n) is 10.5. The number of nitrogens with two attached hydrogens (primary N) is 1. The van der Waals surface area contributed by atoms with Gasteiger partial charge in [-0.2, -0.15) is 0 Å². The molecule has 2 aromatic rings. The van der Waals surface area contributed by atoms with E-state index in [1.54, 1.807) is 0 Å². The van der Waals surface area contributed by atoms with Crippen molar-refractivity contribution in [2.45, 2.75) is 19.1 Å². The molecule has 0 fully saturated rings. The number of halogens is 2. The van der Waals surface area contributed by atoms with E-state index in [0.717, 1.165) is 15.8 Å². The van der Waals surface area contributed by atoms with Crippen LogP contribution < -0.4 is 10.5 Å². The van der Waals surface area contributed by atoms with Gasteiger partial charge < -0.3 is 10.5 Å². The average Bonchev–Trinajstić information content (AvgIpc) is 2.38. The van der Waals surface area contributed by atoms with E-state index in [0.29, 0.717) is 5.02 Å². The molecule has 0 saturated carbocycles. The van der Waals surface area contributed by atoms with Crippen LogP contribution in [0.25, 0.3) is 0 Å². The Labute approximate surface area is 126 Å². The van der Waals surface area contributed by atoms with Crippen molar-refractivity contribution in [1.82, 2.24) is 0 Å². The third kappa shape index (κ3) is 3.50. The molecule has 0 aliphatic rings. The van der Waals surface area contributed by atoms with Gasteiger partial charge in [0.25, 0.3) is 0 Å². The lowest BCUT2D eigenvalue weighted by atomic mass is 10.0. The van der Waals surface area contributed by atoms with Gasteiger partial charge in [-0.15, -0.1) is 0 Å². The van der Waals surface area contributed by atoms with E-state index < -0.39 is 0 Å². The first-order chi connectivity index (χ1) is 9.09. The third-order valence-electron chi connectivity index (χ3n) is 2.78. The third-order valence-corrected chi connectivity index (χ3v) is 3.78. The second-order valence-electron chi connectivity index (χ2n) is 4.35. The summed E-state index contributed by atoms with van der Waals surface area (Å²) < 4.78 is 6.91. The molecule has 0 aliphatic carbocycles. The smallest absolute Gasteiger partial charge is 0.140 e. The molecule has 19 heavy (non-hydrogen) atoms. The van der Waals surface area contributed by atoms with E-state index in [2.05, 4.69) is 15.9 Å². The monoisotopic (exact) mass is 339 g/mol. The normalized spacial score (nSPS) is 13.9. The number of rotatable bonds is 4. The minimum atomic E-state index is -0.285. The molecular weight excluding hydrogens is 326 g/mol. The maximum atomic E-state index is 6.22. The number of hydrogen-bond acceptors (Lipinski definition) is 2. The quantitative estimate of drug-likeness (QED) is 0.885. The summed E-state index contributed by atoms with van der Waals surface area (Å²) in [5.41, 5.74) is 6.93. The highest BCUT2D eigenvalue weighted by Crippen LogP contribution is 2.32. The summed E-state index contributed by atoms with van der Waals surface area (Å²) >= 11 is 9.69. The number of ether oxygens (including phenoxy) is 1. The van der Waals surface area contributed by atoms with E-state index in [1.165, 1.54) is 0 Å². The van der Waals surface area contributed by atoms with Gasteiger partial charge in [-0.25, -0.2) is 0 Å². The van der Waals surface area contributed by atoms with Crippen LogP contribution in [0.4, 0.5) is 0 Å². The van der Waals surface area contributed by atoms with E-state index in [4.69, 9.17) is 22.1 Å². The van der Waals surface area contributed by atoms with Crippen molar-refractivity contribution >= 4 is 27.5 Å². The Kier molecular flexibility index (Phi) is 4.86. The van der Waals surface area contributed by atoms with Gasteiger partial charge in [0.1, 0.15) is 11.9 Å². The van der Waals surface area contributed by atoms with Crippen LogP contribution in [0, 0.1) is 0 Å². The maximum Gasteiger partial charge on any atom is 0.140 e. The Morgan fingerprint density at radius 2 is 1.74 bits per heavy atom. The number of hydrogen-bond donors (Lipinski definition) is 1. The van der Waals surface area contributed by atoms with Crippen molar-refractivity contribution in [1.29, 1.82) is 0 Å². The minimum absolute atomic E-state index is 0.174. The summed E-state index contributed by atoms with van der Waals surface area (Å²) in [6.45, 7) is 1.91. The van der Waals surface area contributed by atoms with Crippen LogP contribution in [0.3, 0.4) is 0 Å². The molecule has 0 saturated heterocycles. The summed E-state index contributed by atoms with van der Waals surface area (Å²) in [7, 11) is 0. The standard InChI is InChI=1S/C15H15BrClNO/c1-10(18)15(11-6-2-4-8-13(11)17)19-14-9-5-3-7-12(14)16/h2-10,15H,18H2,1H3. The van der Waals surface area contributed by atoms with Gasteiger partial charge in [-0.3, -0.25) is 0 Å². The van der Waals surface area contributed by atoms with Crippen LogP contribution in [0.1, 0.15) is 18.6 Å². The largest absolute Gasteiger partial charge is 0.483 e. The molecule has 2 rings (SSSR count). The fourth-order valence-electron chi connectivity index (χ4n) is 1.84. The van der Waals surface area contributed by atoms with Gasteiger partial charge in [0, 0.05) is 16.6 Å². The molecule has 0 amide bonds. The summed E-state index contributed by atoms with van der Waals surface area (Å²) in [6.07, 6.45) is -0.285. The van der Waals surface area contributed by atoms with E-state index in [-0.39, 0.29) is 12.1 Å². The Morgan fingerprint density at radius 3 is 2.37 bits per heavy atom. The van der Waals surface area contributed by atoms with Gasteiger partial charge in [0.15, 0.2) is 0 Å². The van der Waals surface area contributed by atoms with Crippen molar-refractivity contribution in [3.8, 4) is 5.75 Å². The molecule has 0 bridgehead atoms. The number of para-hydroxylation sites is 1. The highest BCUT2D eigenvalue weighted by atomic mass is 79.9. The molecule has 2 atom stereocenters. The zero-order valence-corrected chi connectivity index (χ0v) is 12.9. The fourth-order valence-corrected chi connectivity index (χ4v) is 2.46. The zero-order chi connectivity index (χ0) is 13.8. The fraction of sp³-hybridized carbons (Fsp3) is 0.200.